The minimum atomic E-state index is -0.760. The summed E-state index contributed by atoms with van der Waals surface area (Å²) in [6.45, 7) is 0.621. The number of nitrogens with zero attached hydrogens (tertiary/aromatic N) is 2. The van der Waals surface area contributed by atoms with Crippen LogP contribution < -0.4 is 0 Å². The lowest BCUT2D eigenvalue weighted by atomic mass is 10.1. The van der Waals surface area contributed by atoms with E-state index in [2.05, 4.69) is 15.9 Å². The van der Waals surface area contributed by atoms with Crippen LogP contribution in [0.1, 0.15) is 36.0 Å². The Bertz CT molecular complexity index is 553. The van der Waals surface area contributed by atoms with Crippen molar-refractivity contribution in [1.82, 2.24) is 4.90 Å². The van der Waals surface area contributed by atoms with Gasteiger partial charge in [-0.2, -0.15) is 0 Å². The highest BCUT2D eigenvalue weighted by molar-refractivity contribution is 9.09. The van der Waals surface area contributed by atoms with Gasteiger partial charge in [0.05, 0.1) is 11.0 Å². The quantitative estimate of drug-likeness (QED) is 0.459. The zero-order chi connectivity index (χ0) is 15.4. The van der Waals surface area contributed by atoms with E-state index in [0.717, 1.165) is 49.2 Å². The van der Waals surface area contributed by atoms with Crippen LogP contribution in [0, 0.1) is 15.9 Å². The monoisotopic (exact) mass is 358 g/mol. The molecule has 1 saturated heterocycles. The Morgan fingerprint density at radius 1 is 1.48 bits per heavy atom. The summed E-state index contributed by atoms with van der Waals surface area (Å²) in [6.07, 6.45) is 3.68. The number of likely N-dealkylation sites (tertiary alicyclic amines) is 1. The molecule has 2 rings (SSSR count). The van der Waals surface area contributed by atoms with E-state index in [1.807, 2.05) is 0 Å². The topological polar surface area (TPSA) is 63.4 Å². The Hall–Kier alpha value is -1.50. The summed E-state index contributed by atoms with van der Waals surface area (Å²) in [4.78, 5) is 24.3. The lowest BCUT2D eigenvalue weighted by Gasteiger charge is -2.24. The van der Waals surface area contributed by atoms with Gasteiger partial charge in [-0.05, 0) is 31.7 Å². The molecule has 0 saturated carbocycles. The molecular formula is C14H16BrFN2O3. The lowest BCUT2D eigenvalue weighted by molar-refractivity contribution is -0.385. The second kappa shape index (κ2) is 6.98. The second-order valence-electron chi connectivity index (χ2n) is 5.08. The Kier molecular flexibility index (Phi) is 5.27. The second-order valence-corrected chi connectivity index (χ2v) is 5.87. The van der Waals surface area contributed by atoms with Gasteiger partial charge in [0.15, 0.2) is 0 Å². The third-order valence-corrected chi connectivity index (χ3v) is 4.21. The summed E-state index contributed by atoms with van der Waals surface area (Å²) >= 11 is 3.37. The van der Waals surface area contributed by atoms with Crippen molar-refractivity contribution >= 4 is 27.5 Å². The van der Waals surface area contributed by atoms with Crippen molar-refractivity contribution in [2.45, 2.75) is 31.7 Å². The third kappa shape index (κ3) is 3.78. The molecule has 7 heteroatoms. The van der Waals surface area contributed by atoms with Crippen molar-refractivity contribution in [1.29, 1.82) is 0 Å². The molecule has 0 N–H and O–H groups in total. The fourth-order valence-corrected chi connectivity index (χ4v) is 3.01. The summed E-state index contributed by atoms with van der Waals surface area (Å²) in [5.74, 6) is -1.08. The molecule has 1 fully saturated rings. The van der Waals surface area contributed by atoms with Crippen molar-refractivity contribution in [3.63, 3.8) is 0 Å². The Labute approximate surface area is 130 Å². The molecule has 1 heterocycles. The normalized spacial score (nSPS) is 18.0. The third-order valence-electron chi connectivity index (χ3n) is 3.65. The number of hydrogen-bond donors (Lipinski definition) is 0. The number of alkyl halides is 1. The van der Waals surface area contributed by atoms with Gasteiger partial charge in [0.1, 0.15) is 5.82 Å². The number of carbonyl (C=O) groups excluding carboxylic acids is 1. The maximum absolute atomic E-state index is 13.5. The van der Waals surface area contributed by atoms with Crippen molar-refractivity contribution in [2.24, 2.45) is 0 Å². The molecule has 1 aromatic rings. The summed E-state index contributed by atoms with van der Waals surface area (Å²) in [5, 5.41) is 11.6. The van der Waals surface area contributed by atoms with Gasteiger partial charge in [-0.3, -0.25) is 14.9 Å². The molecule has 1 atom stereocenters. The highest BCUT2D eigenvalue weighted by Gasteiger charge is 2.29. The number of hydrogen-bond acceptors (Lipinski definition) is 3. The molecule has 1 aliphatic heterocycles. The predicted molar refractivity (Wildman–Crippen MR) is 80.1 cm³/mol. The Morgan fingerprint density at radius 2 is 2.24 bits per heavy atom. The molecule has 0 spiro atoms. The van der Waals surface area contributed by atoms with Gasteiger partial charge in [0.25, 0.3) is 11.6 Å². The highest BCUT2D eigenvalue weighted by Crippen LogP contribution is 2.25. The lowest BCUT2D eigenvalue weighted by Crippen LogP contribution is -2.35. The fourth-order valence-electron chi connectivity index (χ4n) is 2.68. The van der Waals surface area contributed by atoms with Crippen LogP contribution in [-0.4, -0.2) is 33.6 Å². The van der Waals surface area contributed by atoms with Gasteiger partial charge < -0.3 is 4.90 Å². The minimum Gasteiger partial charge on any atom is -0.336 e. The average molecular weight is 359 g/mol. The molecule has 0 aliphatic carbocycles. The van der Waals surface area contributed by atoms with Crippen LogP contribution in [0.2, 0.25) is 0 Å². The van der Waals surface area contributed by atoms with Gasteiger partial charge in [-0.25, -0.2) is 4.39 Å². The van der Waals surface area contributed by atoms with E-state index in [4.69, 9.17) is 0 Å². The highest BCUT2D eigenvalue weighted by atomic mass is 79.9. The van der Waals surface area contributed by atoms with Gasteiger partial charge >= 0.3 is 0 Å². The van der Waals surface area contributed by atoms with Gasteiger partial charge in [-0.1, -0.05) is 15.9 Å². The van der Waals surface area contributed by atoms with E-state index >= 15 is 0 Å². The number of non-ortho nitro benzene ring substituents is 1. The van der Waals surface area contributed by atoms with E-state index < -0.39 is 16.4 Å². The van der Waals surface area contributed by atoms with Gasteiger partial charge in [-0.15, -0.1) is 0 Å². The number of nitro benzene ring substituents is 1. The average Bonchev–Trinajstić information content (AvgIpc) is 2.91. The van der Waals surface area contributed by atoms with Crippen molar-refractivity contribution < 1.29 is 14.1 Å². The van der Waals surface area contributed by atoms with Gasteiger partial charge in [0.2, 0.25) is 0 Å². The molecule has 5 nitrogen and oxygen atoms in total. The number of carbonyl (C=O) groups is 1. The van der Waals surface area contributed by atoms with E-state index in [9.17, 15) is 19.3 Å². The molecule has 1 aliphatic rings. The maximum Gasteiger partial charge on any atom is 0.273 e. The van der Waals surface area contributed by atoms with Crippen LogP contribution in [0.15, 0.2) is 18.2 Å². The van der Waals surface area contributed by atoms with E-state index in [1.165, 1.54) is 0 Å². The van der Waals surface area contributed by atoms with E-state index in [1.54, 1.807) is 4.90 Å². The summed E-state index contributed by atoms with van der Waals surface area (Å²) < 4.78 is 13.5. The number of rotatable bonds is 5. The molecule has 21 heavy (non-hydrogen) atoms. The standard InChI is InChI=1S/C14H16BrFN2O3/c15-5-1-3-12-4-2-6-17(12)14(19)10-7-11(16)9-13(8-10)18(20)21/h7-9,12H,1-6H2. The van der Waals surface area contributed by atoms with Gasteiger partial charge in [0, 0.05) is 29.5 Å². The number of amides is 1. The first-order chi connectivity index (χ1) is 10.0. The number of benzene rings is 1. The number of halogens is 2. The van der Waals surface area contributed by atoms with Crippen LogP contribution >= 0.6 is 15.9 Å². The molecule has 0 bridgehead atoms. The predicted octanol–water partition coefficient (Wildman–Crippen LogP) is 3.51. The van der Waals surface area contributed by atoms with Crippen LogP contribution in [-0.2, 0) is 0 Å². The molecule has 0 aromatic heterocycles. The first-order valence-electron chi connectivity index (χ1n) is 6.85. The smallest absolute Gasteiger partial charge is 0.273 e. The van der Waals surface area contributed by atoms with E-state index in [0.29, 0.717) is 6.54 Å². The summed E-state index contributed by atoms with van der Waals surface area (Å²) in [7, 11) is 0. The first kappa shape index (κ1) is 15.9. The van der Waals surface area contributed by atoms with E-state index in [-0.39, 0.29) is 17.5 Å². The zero-order valence-electron chi connectivity index (χ0n) is 11.4. The molecule has 114 valence electrons. The van der Waals surface area contributed by atoms with Crippen LogP contribution in [0.5, 0.6) is 0 Å². The van der Waals surface area contributed by atoms with Crippen LogP contribution in [0.3, 0.4) is 0 Å². The molecular weight excluding hydrogens is 343 g/mol. The summed E-state index contributed by atoms with van der Waals surface area (Å²) in [5.41, 5.74) is -0.345. The largest absolute Gasteiger partial charge is 0.336 e. The maximum atomic E-state index is 13.5. The van der Waals surface area contributed by atoms with Crippen LogP contribution in [0.25, 0.3) is 0 Å². The number of nitro groups is 1. The molecule has 1 amide bonds. The Morgan fingerprint density at radius 3 is 2.90 bits per heavy atom. The zero-order valence-corrected chi connectivity index (χ0v) is 13.0. The first-order valence-corrected chi connectivity index (χ1v) is 7.97. The van der Waals surface area contributed by atoms with Crippen molar-refractivity contribution in [3.8, 4) is 0 Å². The fraction of sp³-hybridized carbons (Fsp3) is 0.500. The molecule has 1 unspecified atom stereocenters. The van der Waals surface area contributed by atoms with Crippen molar-refractivity contribution in [2.75, 3.05) is 11.9 Å². The molecule has 1 aromatic carbocycles. The minimum absolute atomic E-state index is 0.0486. The molecule has 0 radical (unpaired) electrons. The summed E-state index contributed by atoms with van der Waals surface area (Å²) in [6, 6.07) is 3.17. The van der Waals surface area contributed by atoms with Crippen molar-refractivity contribution in [3.05, 3.63) is 39.7 Å². The van der Waals surface area contributed by atoms with Crippen LogP contribution in [0.4, 0.5) is 10.1 Å². The Balaban J connectivity index is 2.21. The SMILES string of the molecule is O=C(c1cc(F)cc([N+](=O)[O-])c1)N1CCCC1CCCBr.